The molecule has 0 saturated carbocycles. The lowest BCUT2D eigenvalue weighted by molar-refractivity contribution is -0.384. The third kappa shape index (κ3) is 4.18. The van der Waals surface area contributed by atoms with Crippen molar-refractivity contribution in [1.29, 1.82) is 0 Å². The zero-order valence-corrected chi connectivity index (χ0v) is 14.6. The number of nitro groups is 1. The fourth-order valence-corrected chi connectivity index (χ4v) is 2.51. The van der Waals surface area contributed by atoms with Crippen molar-refractivity contribution in [1.82, 2.24) is 0 Å². The molecule has 8 nitrogen and oxygen atoms in total. The summed E-state index contributed by atoms with van der Waals surface area (Å²) in [6.07, 6.45) is 1.44. The minimum atomic E-state index is -0.731. The van der Waals surface area contributed by atoms with E-state index in [2.05, 4.69) is 4.99 Å². The van der Waals surface area contributed by atoms with Crippen LogP contribution in [0, 0.1) is 10.1 Å². The molecule has 1 aliphatic heterocycles. The predicted octanol–water partition coefficient (Wildman–Crippen LogP) is 3.52. The average Bonchev–Trinajstić information content (AvgIpc) is 2.95. The number of nitrogens with zero attached hydrogens (tertiary/aromatic N) is 2. The molecule has 27 heavy (non-hydrogen) atoms. The molecule has 9 heteroatoms. The smallest absolute Gasteiger partial charge is 0.363 e. The van der Waals surface area contributed by atoms with Gasteiger partial charge < -0.3 is 9.47 Å². The Morgan fingerprint density at radius 3 is 2.78 bits per heavy atom. The van der Waals surface area contributed by atoms with Crippen molar-refractivity contribution in [2.75, 3.05) is 0 Å². The Morgan fingerprint density at radius 2 is 2.07 bits per heavy atom. The van der Waals surface area contributed by atoms with E-state index in [4.69, 9.17) is 21.1 Å². The van der Waals surface area contributed by atoms with Gasteiger partial charge in [-0.15, -0.1) is 0 Å². The molecule has 0 aliphatic carbocycles. The van der Waals surface area contributed by atoms with Gasteiger partial charge in [0.25, 0.3) is 5.69 Å². The van der Waals surface area contributed by atoms with Gasteiger partial charge in [0.15, 0.2) is 5.70 Å². The first kappa shape index (κ1) is 18.3. The van der Waals surface area contributed by atoms with Crippen LogP contribution in [-0.4, -0.2) is 22.8 Å². The van der Waals surface area contributed by atoms with Crippen LogP contribution in [0.2, 0.25) is 5.02 Å². The summed E-state index contributed by atoms with van der Waals surface area (Å²) < 4.78 is 10.1. The van der Waals surface area contributed by atoms with Crippen LogP contribution < -0.4 is 4.74 Å². The van der Waals surface area contributed by atoms with Crippen LogP contribution in [0.25, 0.3) is 6.08 Å². The van der Waals surface area contributed by atoms with Gasteiger partial charge in [-0.3, -0.25) is 14.9 Å². The largest absolute Gasteiger partial charge is 0.427 e. The summed E-state index contributed by atoms with van der Waals surface area (Å²) in [6.45, 7) is 1.28. The highest BCUT2D eigenvalue weighted by Gasteiger charge is 2.27. The molecule has 1 aliphatic rings. The first-order valence-electron chi connectivity index (χ1n) is 7.59. The molecular formula is C18H11ClN2O6. The highest BCUT2D eigenvalue weighted by Crippen LogP contribution is 2.27. The molecule has 0 saturated heterocycles. The van der Waals surface area contributed by atoms with Crippen molar-refractivity contribution >= 4 is 41.2 Å². The molecule has 0 spiro atoms. The number of nitro benzene ring substituents is 1. The van der Waals surface area contributed by atoms with Crippen LogP contribution in [-0.2, 0) is 14.3 Å². The maximum absolute atomic E-state index is 12.1. The summed E-state index contributed by atoms with van der Waals surface area (Å²) in [5, 5.41) is 11.1. The zero-order valence-electron chi connectivity index (χ0n) is 13.8. The molecule has 0 bridgehead atoms. The summed E-state index contributed by atoms with van der Waals surface area (Å²) in [6, 6.07) is 10.2. The second-order valence-corrected chi connectivity index (χ2v) is 5.83. The van der Waals surface area contributed by atoms with Gasteiger partial charge in [0.05, 0.1) is 15.5 Å². The van der Waals surface area contributed by atoms with Crippen molar-refractivity contribution in [3.63, 3.8) is 0 Å². The highest BCUT2D eigenvalue weighted by atomic mass is 35.5. The summed E-state index contributed by atoms with van der Waals surface area (Å²) in [4.78, 5) is 37.5. The molecule has 0 N–H and O–H groups in total. The van der Waals surface area contributed by atoms with Gasteiger partial charge in [-0.2, -0.15) is 0 Å². The molecular weight excluding hydrogens is 376 g/mol. The van der Waals surface area contributed by atoms with E-state index in [-0.39, 0.29) is 27.9 Å². The minimum absolute atomic E-state index is 0.0208. The fourth-order valence-electron chi connectivity index (χ4n) is 2.31. The molecule has 0 atom stereocenters. The number of aliphatic imine (C=N–C) groups is 1. The van der Waals surface area contributed by atoms with Crippen LogP contribution in [0.1, 0.15) is 18.1 Å². The maximum atomic E-state index is 12.1. The average molecular weight is 387 g/mol. The lowest BCUT2D eigenvalue weighted by atomic mass is 10.2. The summed E-state index contributed by atoms with van der Waals surface area (Å²) in [5.74, 6) is -1.02. The molecule has 0 radical (unpaired) electrons. The van der Waals surface area contributed by atoms with Crippen LogP contribution in [0.15, 0.2) is 53.2 Å². The lowest BCUT2D eigenvalue weighted by Crippen LogP contribution is -2.06. The molecule has 0 amide bonds. The monoisotopic (exact) mass is 386 g/mol. The van der Waals surface area contributed by atoms with Crippen molar-refractivity contribution in [3.05, 3.63) is 74.4 Å². The number of ether oxygens (including phenoxy) is 2. The van der Waals surface area contributed by atoms with E-state index in [1.165, 1.54) is 31.2 Å². The van der Waals surface area contributed by atoms with Gasteiger partial charge in [-0.05, 0) is 29.8 Å². The number of carbonyl (C=O) groups is 2. The van der Waals surface area contributed by atoms with E-state index in [0.717, 1.165) is 0 Å². The Hall–Kier alpha value is -3.52. The molecule has 2 aromatic carbocycles. The van der Waals surface area contributed by atoms with Gasteiger partial charge in [0, 0.05) is 19.1 Å². The minimum Gasteiger partial charge on any atom is -0.427 e. The third-order valence-electron chi connectivity index (χ3n) is 3.43. The second-order valence-electron chi connectivity index (χ2n) is 5.42. The lowest BCUT2D eigenvalue weighted by Gasteiger charge is -2.02. The predicted molar refractivity (Wildman–Crippen MR) is 96.5 cm³/mol. The molecule has 0 unspecified atom stereocenters. The normalized spacial score (nSPS) is 14.7. The van der Waals surface area contributed by atoms with Crippen LogP contribution >= 0.6 is 11.6 Å². The number of esters is 2. The van der Waals surface area contributed by atoms with Gasteiger partial charge in [0.1, 0.15) is 5.75 Å². The number of non-ortho nitro benzene ring substituents is 1. The van der Waals surface area contributed by atoms with Crippen LogP contribution in [0.4, 0.5) is 5.69 Å². The number of hydrogen-bond acceptors (Lipinski definition) is 7. The second kappa shape index (κ2) is 7.38. The van der Waals surface area contributed by atoms with E-state index in [1.807, 2.05) is 0 Å². The first-order valence-corrected chi connectivity index (χ1v) is 7.96. The van der Waals surface area contributed by atoms with Gasteiger partial charge in [-0.1, -0.05) is 23.7 Å². The Bertz CT molecular complexity index is 1030. The summed E-state index contributed by atoms with van der Waals surface area (Å²) >= 11 is 6.04. The SMILES string of the molecule is CC(=O)Oc1cccc(/C=C2/N=C(c3cc([N+](=O)[O-])ccc3Cl)OC2=O)c1. The Kier molecular flexibility index (Phi) is 5.00. The first-order chi connectivity index (χ1) is 12.8. The molecule has 0 aromatic heterocycles. The standard InChI is InChI=1S/C18H11ClN2O6/c1-10(22)26-13-4-2-3-11(7-13)8-16-18(23)27-17(20-16)14-9-12(21(24)25)5-6-15(14)19/h2-9H,1H3/b16-8+. The Labute approximate surface area is 157 Å². The highest BCUT2D eigenvalue weighted by molar-refractivity contribution is 6.34. The Morgan fingerprint density at radius 1 is 1.30 bits per heavy atom. The van der Waals surface area contributed by atoms with E-state index in [1.54, 1.807) is 24.3 Å². The topological polar surface area (TPSA) is 108 Å². The van der Waals surface area contributed by atoms with E-state index < -0.39 is 16.9 Å². The third-order valence-corrected chi connectivity index (χ3v) is 3.76. The van der Waals surface area contributed by atoms with Gasteiger partial charge in [-0.25, -0.2) is 9.79 Å². The zero-order chi connectivity index (χ0) is 19.6. The van der Waals surface area contributed by atoms with Crippen LogP contribution in [0.5, 0.6) is 5.75 Å². The maximum Gasteiger partial charge on any atom is 0.363 e. The Balaban J connectivity index is 1.95. The number of hydrogen-bond donors (Lipinski definition) is 0. The number of carbonyl (C=O) groups excluding carboxylic acids is 2. The van der Waals surface area contributed by atoms with Crippen molar-refractivity contribution in [3.8, 4) is 5.75 Å². The fraction of sp³-hybridized carbons (Fsp3) is 0.0556. The van der Waals surface area contributed by atoms with E-state index in [9.17, 15) is 19.7 Å². The molecule has 0 fully saturated rings. The quantitative estimate of drug-likeness (QED) is 0.261. The van der Waals surface area contributed by atoms with Crippen molar-refractivity contribution in [2.45, 2.75) is 6.92 Å². The summed E-state index contributed by atoms with van der Waals surface area (Å²) in [5.41, 5.74) is 0.458. The molecule has 2 aromatic rings. The number of cyclic esters (lactones) is 1. The van der Waals surface area contributed by atoms with Crippen LogP contribution in [0.3, 0.4) is 0 Å². The van der Waals surface area contributed by atoms with Crippen molar-refractivity contribution < 1.29 is 24.0 Å². The molecule has 136 valence electrons. The number of halogens is 1. The van der Waals surface area contributed by atoms with Gasteiger partial charge in [0.2, 0.25) is 5.90 Å². The van der Waals surface area contributed by atoms with Gasteiger partial charge >= 0.3 is 11.9 Å². The summed E-state index contributed by atoms with van der Waals surface area (Å²) in [7, 11) is 0. The molecule has 1 heterocycles. The number of rotatable bonds is 4. The van der Waals surface area contributed by atoms with E-state index >= 15 is 0 Å². The number of benzene rings is 2. The molecule has 3 rings (SSSR count). The van der Waals surface area contributed by atoms with Crippen molar-refractivity contribution in [2.24, 2.45) is 4.99 Å². The van der Waals surface area contributed by atoms with E-state index in [0.29, 0.717) is 11.3 Å².